The molecule has 0 aliphatic heterocycles. The van der Waals surface area contributed by atoms with E-state index in [4.69, 9.17) is 0 Å². The fourth-order valence-electron chi connectivity index (χ4n) is 2.15. The summed E-state index contributed by atoms with van der Waals surface area (Å²) in [6.45, 7) is 4.37. The second-order valence-electron chi connectivity index (χ2n) is 5.90. The topological polar surface area (TPSA) is 76.1 Å². The van der Waals surface area contributed by atoms with E-state index in [0.29, 0.717) is 24.6 Å². The summed E-state index contributed by atoms with van der Waals surface area (Å²) in [6, 6.07) is 4.62. The minimum absolute atomic E-state index is 0.119. The minimum atomic E-state index is -4.97. The molecule has 2 rings (SSSR count). The highest BCUT2D eigenvalue weighted by atomic mass is 19.4. The Labute approximate surface area is 153 Å². The lowest BCUT2D eigenvalue weighted by atomic mass is 10.1. The lowest BCUT2D eigenvalue weighted by Gasteiger charge is -2.14. The number of halogens is 4. The number of carbonyl (C=O) groups is 1. The van der Waals surface area contributed by atoms with Crippen LogP contribution in [0.15, 0.2) is 30.6 Å². The molecule has 0 radical (unpaired) electrons. The van der Waals surface area contributed by atoms with Crippen molar-refractivity contribution < 1.29 is 27.1 Å². The summed E-state index contributed by atoms with van der Waals surface area (Å²) in [5.74, 6) is -1.59. The van der Waals surface area contributed by atoms with Crippen LogP contribution >= 0.6 is 0 Å². The number of hydrogen-bond donors (Lipinski definition) is 2. The molecule has 1 heterocycles. The van der Waals surface area contributed by atoms with E-state index in [2.05, 4.69) is 25.3 Å². The van der Waals surface area contributed by atoms with E-state index in [1.54, 1.807) is 6.07 Å². The molecule has 2 aromatic rings. The first-order valence-corrected chi connectivity index (χ1v) is 8.00. The first-order chi connectivity index (χ1) is 12.6. The van der Waals surface area contributed by atoms with Gasteiger partial charge in [0.05, 0.1) is 5.69 Å². The van der Waals surface area contributed by atoms with Gasteiger partial charge in [-0.05, 0) is 24.1 Å². The van der Waals surface area contributed by atoms with Gasteiger partial charge in [0.1, 0.15) is 12.1 Å². The standard InChI is InChI=1S/C17H18F4N4O2/c1-10(7-22-11(2)26)8-23-16-6-14(24-9-25-16)12-3-4-15(13(18)5-12)27-17(19,20)21/h3-6,9-10H,7-8H2,1-2H3,(H,22,26)(H,23,24,25)/t10-/m0/s1. The van der Waals surface area contributed by atoms with E-state index in [0.717, 1.165) is 12.1 Å². The molecule has 0 unspecified atom stereocenters. The fraction of sp³-hybridized carbons (Fsp3) is 0.353. The van der Waals surface area contributed by atoms with Crippen molar-refractivity contribution >= 4 is 11.7 Å². The lowest BCUT2D eigenvalue weighted by Crippen LogP contribution is -2.29. The lowest BCUT2D eigenvalue weighted by molar-refractivity contribution is -0.275. The van der Waals surface area contributed by atoms with Crippen LogP contribution in [-0.4, -0.2) is 35.3 Å². The number of rotatable bonds is 7. The average Bonchev–Trinajstić information content (AvgIpc) is 2.59. The van der Waals surface area contributed by atoms with E-state index >= 15 is 0 Å². The van der Waals surface area contributed by atoms with E-state index in [1.807, 2.05) is 6.92 Å². The number of ether oxygens (including phenoxy) is 1. The molecule has 6 nitrogen and oxygen atoms in total. The molecule has 0 bridgehead atoms. The Bertz CT molecular complexity index is 799. The van der Waals surface area contributed by atoms with Gasteiger partial charge in [-0.3, -0.25) is 4.79 Å². The number of benzene rings is 1. The highest BCUT2D eigenvalue weighted by Crippen LogP contribution is 2.29. The third-order valence-electron chi connectivity index (χ3n) is 3.45. The maximum absolute atomic E-state index is 13.9. The average molecular weight is 386 g/mol. The third kappa shape index (κ3) is 6.72. The maximum Gasteiger partial charge on any atom is 0.573 e. The maximum atomic E-state index is 13.9. The van der Waals surface area contributed by atoms with Crippen LogP contribution in [0.2, 0.25) is 0 Å². The number of nitrogens with zero attached hydrogens (tertiary/aromatic N) is 2. The Morgan fingerprint density at radius 2 is 1.96 bits per heavy atom. The van der Waals surface area contributed by atoms with Crippen molar-refractivity contribution in [2.24, 2.45) is 5.92 Å². The van der Waals surface area contributed by atoms with Crippen molar-refractivity contribution in [1.29, 1.82) is 0 Å². The molecule has 1 aromatic heterocycles. The molecule has 2 N–H and O–H groups in total. The molecule has 1 amide bonds. The molecule has 0 aliphatic carbocycles. The second-order valence-corrected chi connectivity index (χ2v) is 5.90. The van der Waals surface area contributed by atoms with Gasteiger partial charge >= 0.3 is 6.36 Å². The van der Waals surface area contributed by atoms with Gasteiger partial charge in [0.25, 0.3) is 0 Å². The highest BCUT2D eigenvalue weighted by molar-refractivity contribution is 5.72. The molecule has 1 aromatic carbocycles. The molecule has 0 saturated heterocycles. The normalized spacial score (nSPS) is 12.4. The van der Waals surface area contributed by atoms with Gasteiger partial charge in [0.15, 0.2) is 11.6 Å². The number of carbonyl (C=O) groups excluding carboxylic acids is 1. The molecule has 146 valence electrons. The molecule has 0 spiro atoms. The van der Waals surface area contributed by atoms with Gasteiger partial charge in [-0.25, -0.2) is 14.4 Å². The first kappa shape index (κ1) is 20.4. The number of alkyl halides is 3. The smallest absolute Gasteiger partial charge is 0.403 e. The van der Waals surface area contributed by atoms with Gasteiger partial charge in [-0.2, -0.15) is 0 Å². The summed E-state index contributed by atoms with van der Waals surface area (Å²) in [7, 11) is 0. The molecule has 10 heteroatoms. The number of nitrogens with one attached hydrogen (secondary N) is 2. The van der Waals surface area contributed by atoms with E-state index in [9.17, 15) is 22.4 Å². The van der Waals surface area contributed by atoms with Crippen molar-refractivity contribution in [2.75, 3.05) is 18.4 Å². The molecule has 27 heavy (non-hydrogen) atoms. The first-order valence-electron chi connectivity index (χ1n) is 8.00. The number of anilines is 1. The molecule has 1 atom stereocenters. The third-order valence-corrected chi connectivity index (χ3v) is 3.45. The van der Waals surface area contributed by atoms with E-state index < -0.39 is 17.9 Å². The van der Waals surface area contributed by atoms with E-state index in [1.165, 1.54) is 19.3 Å². The van der Waals surface area contributed by atoms with Gasteiger partial charge < -0.3 is 15.4 Å². The number of amides is 1. The summed E-state index contributed by atoms with van der Waals surface area (Å²) in [6.07, 6.45) is -3.71. The zero-order chi connectivity index (χ0) is 20.0. The van der Waals surface area contributed by atoms with Crippen LogP contribution < -0.4 is 15.4 Å². The summed E-state index contributed by atoms with van der Waals surface area (Å²) < 4.78 is 54.1. The van der Waals surface area contributed by atoms with Gasteiger partial charge in [-0.1, -0.05) is 6.92 Å². The Hall–Kier alpha value is -2.91. The van der Waals surface area contributed by atoms with Gasteiger partial charge in [-0.15, -0.1) is 13.2 Å². The van der Waals surface area contributed by atoms with Gasteiger partial charge in [0, 0.05) is 31.6 Å². The summed E-state index contributed by atoms with van der Waals surface area (Å²) in [4.78, 5) is 18.9. The van der Waals surface area contributed by atoms with E-state index in [-0.39, 0.29) is 17.4 Å². The monoisotopic (exact) mass is 386 g/mol. The van der Waals surface area contributed by atoms with Crippen LogP contribution in [0, 0.1) is 11.7 Å². The van der Waals surface area contributed by atoms with Crippen molar-refractivity contribution in [3.63, 3.8) is 0 Å². The molecular weight excluding hydrogens is 368 g/mol. The predicted octanol–water partition coefficient (Wildman–Crippen LogP) is 3.37. The van der Waals surface area contributed by atoms with Crippen LogP contribution in [0.4, 0.5) is 23.4 Å². The summed E-state index contributed by atoms with van der Waals surface area (Å²) >= 11 is 0. The van der Waals surface area contributed by atoms with Crippen molar-refractivity contribution in [3.8, 4) is 17.0 Å². The van der Waals surface area contributed by atoms with Crippen LogP contribution in [-0.2, 0) is 4.79 Å². The van der Waals surface area contributed by atoms with Crippen LogP contribution in [0.25, 0.3) is 11.3 Å². The molecule has 0 aliphatic rings. The number of aromatic nitrogens is 2. The fourth-order valence-corrected chi connectivity index (χ4v) is 2.15. The van der Waals surface area contributed by atoms with Gasteiger partial charge in [0.2, 0.25) is 5.91 Å². The van der Waals surface area contributed by atoms with Crippen molar-refractivity contribution in [2.45, 2.75) is 20.2 Å². The van der Waals surface area contributed by atoms with Crippen molar-refractivity contribution in [3.05, 3.63) is 36.4 Å². The SMILES string of the molecule is CC(=O)NC[C@H](C)CNc1cc(-c2ccc(OC(F)(F)F)c(F)c2)ncn1. The zero-order valence-electron chi connectivity index (χ0n) is 14.6. The van der Waals surface area contributed by atoms with Crippen LogP contribution in [0.5, 0.6) is 5.75 Å². The predicted molar refractivity (Wildman–Crippen MR) is 90.4 cm³/mol. The van der Waals surface area contributed by atoms with Crippen molar-refractivity contribution in [1.82, 2.24) is 15.3 Å². The zero-order valence-corrected chi connectivity index (χ0v) is 14.6. The Morgan fingerprint density at radius 1 is 1.22 bits per heavy atom. The Kier molecular flexibility index (Phi) is 6.54. The van der Waals surface area contributed by atoms with Crippen LogP contribution in [0.3, 0.4) is 0 Å². The highest BCUT2D eigenvalue weighted by Gasteiger charge is 2.32. The second kappa shape index (κ2) is 8.65. The largest absolute Gasteiger partial charge is 0.573 e. The number of hydrogen-bond acceptors (Lipinski definition) is 5. The Balaban J connectivity index is 2.06. The quantitative estimate of drug-likeness (QED) is 0.714. The Morgan fingerprint density at radius 3 is 2.59 bits per heavy atom. The summed E-state index contributed by atoms with van der Waals surface area (Å²) in [5.41, 5.74) is 0.609. The van der Waals surface area contributed by atoms with Crippen LogP contribution in [0.1, 0.15) is 13.8 Å². The summed E-state index contributed by atoms with van der Waals surface area (Å²) in [5, 5.41) is 5.77. The molecule has 0 saturated carbocycles. The minimum Gasteiger partial charge on any atom is -0.403 e. The molecular formula is C17H18F4N4O2. The molecule has 0 fully saturated rings.